The van der Waals surface area contributed by atoms with Crippen LogP contribution < -0.4 is 0 Å². The fraction of sp³-hybridized carbons (Fsp3) is 0.619. The summed E-state index contributed by atoms with van der Waals surface area (Å²) in [6.07, 6.45) is 12.3. The molecule has 0 aliphatic heterocycles. The van der Waals surface area contributed by atoms with Gasteiger partial charge in [0.1, 0.15) is 0 Å². The predicted octanol–water partition coefficient (Wildman–Crippen LogP) is 6.92. The number of rotatable bonds is 4. The zero-order valence-corrected chi connectivity index (χ0v) is 15.4. The Morgan fingerprint density at radius 3 is 2.35 bits per heavy atom. The highest BCUT2D eigenvalue weighted by Crippen LogP contribution is 2.50. The smallest absolute Gasteiger partial charge is 0.0960 e. The second-order valence-electron chi connectivity index (χ2n) is 6.65. The Balaban J connectivity index is 0.00000127. The molecule has 0 atom stereocenters. The minimum atomic E-state index is 0.0779. The highest BCUT2D eigenvalue weighted by Gasteiger charge is 2.37. The predicted molar refractivity (Wildman–Crippen MR) is 99.7 cm³/mol. The van der Waals surface area contributed by atoms with Crippen LogP contribution in [0.25, 0.3) is 0 Å². The summed E-state index contributed by atoms with van der Waals surface area (Å²) >= 11 is 0. The normalized spacial score (nSPS) is 21.7. The van der Waals surface area contributed by atoms with Crippen LogP contribution in [0.1, 0.15) is 79.1 Å². The van der Waals surface area contributed by atoms with Gasteiger partial charge in [-0.2, -0.15) is 0 Å². The van der Waals surface area contributed by atoms with Crippen LogP contribution in [0.4, 0.5) is 0 Å². The Labute approximate surface area is 142 Å². The molecule has 0 unspecified atom stereocenters. The summed E-state index contributed by atoms with van der Waals surface area (Å²) in [6.45, 7) is 11.7. The summed E-state index contributed by atoms with van der Waals surface area (Å²) < 4.78 is 0. The van der Waals surface area contributed by atoms with Crippen LogP contribution in [0.5, 0.6) is 0 Å². The van der Waals surface area contributed by atoms with Gasteiger partial charge in [-0.05, 0) is 49.7 Å². The van der Waals surface area contributed by atoms with Gasteiger partial charge >= 0.3 is 0 Å². The third-order valence-electron chi connectivity index (χ3n) is 5.24. The molecule has 1 fully saturated rings. The number of hydrogen-bond acceptors (Lipinski definition) is 2. The Morgan fingerprint density at radius 2 is 1.83 bits per heavy atom. The molecule has 0 aromatic heterocycles. The van der Waals surface area contributed by atoms with Crippen LogP contribution in [-0.4, -0.2) is 10.2 Å². The van der Waals surface area contributed by atoms with Crippen LogP contribution in [0, 0.1) is 5.41 Å². The molecular formula is C21H34O2. The topological polar surface area (TPSA) is 40.5 Å². The standard InChI is InChI=1S/C19H28O2.C2H6/c1-4-14(2)18(21)13-19(10-6-5-7-11-19)16-8-9-17(20)15(3)12-16;1-2/h4,12,20-21H,1,5-11,13H2,2-3H3;1-2H3/b18-14+;. The molecule has 130 valence electrons. The monoisotopic (exact) mass is 318 g/mol. The fourth-order valence-corrected chi connectivity index (χ4v) is 3.70. The van der Waals surface area contributed by atoms with E-state index in [2.05, 4.69) is 12.7 Å². The summed E-state index contributed by atoms with van der Waals surface area (Å²) in [6, 6.07) is 0. The van der Waals surface area contributed by atoms with Crippen molar-refractivity contribution in [1.82, 2.24) is 0 Å². The highest BCUT2D eigenvalue weighted by atomic mass is 16.3. The van der Waals surface area contributed by atoms with Gasteiger partial charge in [0.25, 0.3) is 0 Å². The van der Waals surface area contributed by atoms with E-state index in [1.165, 1.54) is 24.8 Å². The van der Waals surface area contributed by atoms with Crippen LogP contribution >= 0.6 is 0 Å². The van der Waals surface area contributed by atoms with Gasteiger partial charge < -0.3 is 10.2 Å². The van der Waals surface area contributed by atoms with E-state index in [-0.39, 0.29) is 5.41 Å². The summed E-state index contributed by atoms with van der Waals surface area (Å²) in [5.41, 5.74) is 3.37. The van der Waals surface area contributed by atoms with Crippen molar-refractivity contribution in [3.63, 3.8) is 0 Å². The number of aliphatic hydroxyl groups is 2. The lowest BCUT2D eigenvalue weighted by atomic mass is 9.64. The maximum absolute atomic E-state index is 10.4. The van der Waals surface area contributed by atoms with Crippen LogP contribution in [-0.2, 0) is 0 Å². The highest BCUT2D eigenvalue weighted by molar-refractivity contribution is 5.34. The van der Waals surface area contributed by atoms with Gasteiger partial charge in [0, 0.05) is 12.8 Å². The molecular weight excluding hydrogens is 284 g/mol. The number of hydrogen-bond donors (Lipinski definition) is 2. The molecule has 0 spiro atoms. The van der Waals surface area contributed by atoms with E-state index in [1.54, 1.807) is 6.08 Å². The third kappa shape index (κ3) is 4.76. The summed E-state index contributed by atoms with van der Waals surface area (Å²) in [5.74, 6) is 0.996. The van der Waals surface area contributed by atoms with Gasteiger partial charge in [0.05, 0.1) is 11.5 Å². The molecule has 2 rings (SSSR count). The zero-order chi connectivity index (χ0) is 17.5. The SMILES string of the molecule is C=C/C(C)=C(/O)CC1(C2=CC(C)=C(O)CC2)CCCCC1.CC. The first-order chi connectivity index (χ1) is 11.0. The van der Waals surface area contributed by atoms with Gasteiger partial charge in [-0.1, -0.05) is 57.4 Å². The van der Waals surface area contributed by atoms with Gasteiger partial charge in [0.15, 0.2) is 0 Å². The molecule has 0 aromatic rings. The van der Waals surface area contributed by atoms with Crippen molar-refractivity contribution in [2.75, 3.05) is 0 Å². The molecule has 2 N–H and O–H groups in total. The lowest BCUT2D eigenvalue weighted by molar-refractivity contribution is 0.197. The molecule has 2 aliphatic carbocycles. The summed E-state index contributed by atoms with van der Waals surface area (Å²) in [5, 5.41) is 20.3. The second kappa shape index (κ2) is 9.00. The summed E-state index contributed by atoms with van der Waals surface area (Å²) in [7, 11) is 0. The van der Waals surface area contributed by atoms with Gasteiger partial charge in [-0.15, -0.1) is 0 Å². The molecule has 23 heavy (non-hydrogen) atoms. The summed E-state index contributed by atoms with van der Waals surface area (Å²) in [4.78, 5) is 0. The molecule has 2 nitrogen and oxygen atoms in total. The van der Waals surface area contributed by atoms with E-state index in [0.29, 0.717) is 17.9 Å². The van der Waals surface area contributed by atoms with Gasteiger partial charge in [-0.3, -0.25) is 0 Å². The molecule has 0 heterocycles. The Bertz CT molecular complexity index is 500. The maximum atomic E-state index is 10.4. The maximum Gasteiger partial charge on any atom is 0.0960 e. The molecule has 0 amide bonds. The first kappa shape index (κ1) is 19.6. The molecule has 2 heteroatoms. The van der Waals surface area contributed by atoms with E-state index < -0.39 is 0 Å². The second-order valence-corrected chi connectivity index (χ2v) is 6.65. The third-order valence-corrected chi connectivity index (χ3v) is 5.24. The van der Waals surface area contributed by atoms with Crippen LogP contribution in [0.2, 0.25) is 0 Å². The van der Waals surface area contributed by atoms with Crippen molar-refractivity contribution in [2.45, 2.75) is 79.1 Å². The minimum absolute atomic E-state index is 0.0779. The first-order valence-electron chi connectivity index (χ1n) is 9.09. The van der Waals surface area contributed by atoms with Crippen molar-refractivity contribution in [3.05, 3.63) is 47.0 Å². The van der Waals surface area contributed by atoms with E-state index in [4.69, 9.17) is 0 Å². The van der Waals surface area contributed by atoms with Crippen molar-refractivity contribution in [2.24, 2.45) is 5.41 Å². The molecule has 2 aliphatic rings. The van der Waals surface area contributed by atoms with E-state index in [9.17, 15) is 10.2 Å². The van der Waals surface area contributed by atoms with Crippen molar-refractivity contribution in [1.29, 1.82) is 0 Å². The molecule has 0 aromatic carbocycles. The van der Waals surface area contributed by atoms with Crippen molar-refractivity contribution in [3.8, 4) is 0 Å². The molecule has 1 saturated carbocycles. The molecule has 0 bridgehead atoms. The zero-order valence-electron chi connectivity index (χ0n) is 15.4. The average Bonchev–Trinajstić information content (AvgIpc) is 2.59. The lowest BCUT2D eigenvalue weighted by Gasteiger charge is -2.41. The molecule has 0 radical (unpaired) electrons. The van der Waals surface area contributed by atoms with E-state index in [0.717, 1.165) is 36.8 Å². The fourth-order valence-electron chi connectivity index (χ4n) is 3.70. The van der Waals surface area contributed by atoms with E-state index in [1.807, 2.05) is 27.7 Å². The largest absolute Gasteiger partial charge is 0.512 e. The first-order valence-corrected chi connectivity index (χ1v) is 9.09. The number of allylic oxidation sites excluding steroid dienone is 7. The van der Waals surface area contributed by atoms with Crippen molar-refractivity contribution < 1.29 is 10.2 Å². The lowest BCUT2D eigenvalue weighted by Crippen LogP contribution is -2.28. The minimum Gasteiger partial charge on any atom is -0.512 e. The number of aliphatic hydroxyl groups excluding tert-OH is 2. The Kier molecular flexibility index (Phi) is 7.67. The average molecular weight is 319 g/mol. The quantitative estimate of drug-likeness (QED) is 0.436. The van der Waals surface area contributed by atoms with Gasteiger partial charge in [-0.25, -0.2) is 0 Å². The Hall–Kier alpha value is -1.44. The van der Waals surface area contributed by atoms with Crippen LogP contribution in [0.15, 0.2) is 47.0 Å². The van der Waals surface area contributed by atoms with Gasteiger partial charge in [0.2, 0.25) is 0 Å². The van der Waals surface area contributed by atoms with Crippen LogP contribution in [0.3, 0.4) is 0 Å². The Morgan fingerprint density at radius 1 is 1.22 bits per heavy atom. The molecule has 0 saturated heterocycles. The van der Waals surface area contributed by atoms with Crippen molar-refractivity contribution >= 4 is 0 Å². The van der Waals surface area contributed by atoms with E-state index >= 15 is 0 Å².